The van der Waals surface area contributed by atoms with E-state index in [1.807, 2.05) is 26.0 Å². The quantitative estimate of drug-likeness (QED) is 0.836. The lowest BCUT2D eigenvalue weighted by Gasteiger charge is -2.11. The normalized spacial score (nSPS) is 11.7. The first kappa shape index (κ1) is 12.1. The maximum atomic E-state index is 5.88. The topological polar surface area (TPSA) is 77.8 Å². The molecular formula is C11H14N4OS. The molecule has 0 spiro atoms. The highest BCUT2D eigenvalue weighted by Crippen LogP contribution is 2.22. The standard InChI is InChI=1S/C11H14N4OS/c1-11(2,12)10-14-9(16-15-10)7-17-8-3-5-13-6-4-8/h3-6H,7,12H2,1-2H3. The molecule has 0 fully saturated rings. The predicted molar refractivity (Wildman–Crippen MR) is 65.3 cm³/mol. The Balaban J connectivity index is 1.99. The van der Waals surface area contributed by atoms with E-state index in [4.69, 9.17) is 10.3 Å². The van der Waals surface area contributed by atoms with Crippen molar-refractivity contribution in [2.24, 2.45) is 5.73 Å². The summed E-state index contributed by atoms with van der Waals surface area (Å²) in [6, 6.07) is 3.88. The van der Waals surface area contributed by atoms with Crippen molar-refractivity contribution in [2.75, 3.05) is 0 Å². The van der Waals surface area contributed by atoms with Crippen LogP contribution in [-0.4, -0.2) is 15.1 Å². The molecule has 0 aromatic carbocycles. The fraction of sp³-hybridized carbons (Fsp3) is 0.364. The van der Waals surface area contributed by atoms with E-state index in [0.29, 0.717) is 17.5 Å². The van der Waals surface area contributed by atoms with Crippen LogP contribution in [0.4, 0.5) is 0 Å². The maximum Gasteiger partial charge on any atom is 0.237 e. The van der Waals surface area contributed by atoms with Crippen molar-refractivity contribution in [3.63, 3.8) is 0 Å². The third-order valence-electron chi connectivity index (χ3n) is 2.06. The monoisotopic (exact) mass is 250 g/mol. The molecule has 2 aromatic rings. The molecule has 2 heterocycles. The van der Waals surface area contributed by atoms with Crippen LogP contribution in [0.15, 0.2) is 33.9 Å². The summed E-state index contributed by atoms with van der Waals surface area (Å²) in [4.78, 5) is 9.33. The summed E-state index contributed by atoms with van der Waals surface area (Å²) < 4.78 is 5.14. The minimum absolute atomic E-state index is 0.530. The maximum absolute atomic E-state index is 5.88. The molecule has 5 nitrogen and oxygen atoms in total. The highest BCUT2D eigenvalue weighted by molar-refractivity contribution is 7.98. The molecule has 6 heteroatoms. The van der Waals surface area contributed by atoms with Crippen molar-refractivity contribution in [1.82, 2.24) is 15.1 Å². The molecule has 0 aliphatic heterocycles. The summed E-state index contributed by atoms with van der Waals surface area (Å²) in [5.41, 5.74) is 5.31. The summed E-state index contributed by atoms with van der Waals surface area (Å²) in [7, 11) is 0. The Labute approximate surface area is 104 Å². The Kier molecular flexibility index (Phi) is 3.44. The number of rotatable bonds is 4. The van der Waals surface area contributed by atoms with Gasteiger partial charge in [-0.3, -0.25) is 4.98 Å². The second kappa shape index (κ2) is 4.85. The first-order valence-corrected chi connectivity index (χ1v) is 6.19. The molecule has 0 radical (unpaired) electrons. The average molecular weight is 250 g/mol. The molecule has 0 bridgehead atoms. The summed E-state index contributed by atoms with van der Waals surface area (Å²) in [6.07, 6.45) is 3.51. The lowest BCUT2D eigenvalue weighted by molar-refractivity contribution is 0.370. The van der Waals surface area contributed by atoms with Crippen molar-refractivity contribution >= 4 is 11.8 Å². The smallest absolute Gasteiger partial charge is 0.237 e. The van der Waals surface area contributed by atoms with Crippen LogP contribution in [0.2, 0.25) is 0 Å². The number of nitrogens with two attached hydrogens (primary N) is 1. The van der Waals surface area contributed by atoms with E-state index in [1.165, 1.54) is 0 Å². The molecule has 0 unspecified atom stereocenters. The van der Waals surface area contributed by atoms with Crippen molar-refractivity contribution < 1.29 is 4.52 Å². The molecule has 0 aliphatic rings. The Hall–Kier alpha value is -1.40. The van der Waals surface area contributed by atoms with Gasteiger partial charge in [-0.1, -0.05) is 5.16 Å². The summed E-state index contributed by atoms with van der Waals surface area (Å²) in [6.45, 7) is 3.69. The van der Waals surface area contributed by atoms with Crippen molar-refractivity contribution in [3.05, 3.63) is 36.2 Å². The van der Waals surface area contributed by atoms with E-state index in [1.54, 1.807) is 24.2 Å². The molecule has 2 aromatic heterocycles. The SMILES string of the molecule is CC(C)(N)c1noc(CSc2ccncc2)n1. The first-order chi connectivity index (χ1) is 8.05. The van der Waals surface area contributed by atoms with E-state index in [0.717, 1.165) is 4.90 Å². The number of hydrogen-bond acceptors (Lipinski definition) is 6. The molecular weight excluding hydrogens is 236 g/mol. The second-order valence-corrected chi connectivity index (χ2v) is 5.25. The van der Waals surface area contributed by atoms with Crippen LogP contribution in [0.1, 0.15) is 25.6 Å². The van der Waals surface area contributed by atoms with Gasteiger partial charge in [-0.05, 0) is 26.0 Å². The van der Waals surface area contributed by atoms with Gasteiger partial charge in [0.05, 0.1) is 11.3 Å². The highest BCUT2D eigenvalue weighted by Gasteiger charge is 2.21. The van der Waals surface area contributed by atoms with Gasteiger partial charge in [0.1, 0.15) is 0 Å². The zero-order chi connectivity index (χ0) is 12.3. The molecule has 0 saturated heterocycles. The third kappa shape index (κ3) is 3.28. The fourth-order valence-corrected chi connectivity index (χ4v) is 1.88. The molecule has 0 saturated carbocycles. The van der Waals surface area contributed by atoms with Crippen LogP contribution in [0, 0.1) is 0 Å². The van der Waals surface area contributed by atoms with Gasteiger partial charge >= 0.3 is 0 Å². The summed E-state index contributed by atoms with van der Waals surface area (Å²) in [5, 5.41) is 3.86. The minimum atomic E-state index is -0.566. The minimum Gasteiger partial charge on any atom is -0.338 e. The van der Waals surface area contributed by atoms with Crippen molar-refractivity contribution in [3.8, 4) is 0 Å². The number of aromatic nitrogens is 3. The van der Waals surface area contributed by atoms with E-state index < -0.39 is 5.54 Å². The van der Waals surface area contributed by atoms with E-state index >= 15 is 0 Å². The molecule has 2 N–H and O–H groups in total. The van der Waals surface area contributed by atoms with E-state index in [9.17, 15) is 0 Å². The number of nitrogens with zero attached hydrogens (tertiary/aromatic N) is 3. The Morgan fingerprint density at radius 1 is 1.35 bits per heavy atom. The predicted octanol–water partition coefficient (Wildman–Crippen LogP) is 1.95. The summed E-state index contributed by atoms with van der Waals surface area (Å²) >= 11 is 1.62. The van der Waals surface area contributed by atoms with Gasteiger partial charge in [0.15, 0.2) is 5.82 Å². The van der Waals surface area contributed by atoms with Gasteiger partial charge in [-0.15, -0.1) is 11.8 Å². The van der Waals surface area contributed by atoms with Gasteiger partial charge in [-0.25, -0.2) is 0 Å². The van der Waals surface area contributed by atoms with Gasteiger partial charge in [0, 0.05) is 17.3 Å². The van der Waals surface area contributed by atoms with Crippen LogP contribution in [-0.2, 0) is 11.3 Å². The van der Waals surface area contributed by atoms with Crippen molar-refractivity contribution in [1.29, 1.82) is 0 Å². The number of hydrogen-bond donors (Lipinski definition) is 1. The molecule has 17 heavy (non-hydrogen) atoms. The fourth-order valence-electron chi connectivity index (χ4n) is 1.15. The Morgan fingerprint density at radius 3 is 2.65 bits per heavy atom. The summed E-state index contributed by atoms with van der Waals surface area (Å²) in [5.74, 6) is 1.75. The van der Waals surface area contributed by atoms with E-state index in [-0.39, 0.29) is 0 Å². The molecule has 0 amide bonds. The first-order valence-electron chi connectivity index (χ1n) is 5.20. The number of thioether (sulfide) groups is 1. The lowest BCUT2D eigenvalue weighted by Crippen LogP contribution is -2.30. The third-order valence-corrected chi connectivity index (χ3v) is 3.05. The molecule has 2 rings (SSSR count). The largest absolute Gasteiger partial charge is 0.338 e. The number of pyridine rings is 1. The van der Waals surface area contributed by atoms with Gasteiger partial charge in [0.25, 0.3) is 0 Å². The zero-order valence-electron chi connectivity index (χ0n) is 9.75. The average Bonchev–Trinajstić information content (AvgIpc) is 2.76. The highest BCUT2D eigenvalue weighted by atomic mass is 32.2. The van der Waals surface area contributed by atoms with Crippen LogP contribution in [0.5, 0.6) is 0 Å². The molecule has 0 aliphatic carbocycles. The van der Waals surface area contributed by atoms with Crippen molar-refractivity contribution in [2.45, 2.75) is 30.0 Å². The zero-order valence-corrected chi connectivity index (χ0v) is 10.6. The van der Waals surface area contributed by atoms with Gasteiger partial charge < -0.3 is 10.3 Å². The van der Waals surface area contributed by atoms with E-state index in [2.05, 4.69) is 15.1 Å². The Morgan fingerprint density at radius 2 is 2.06 bits per heavy atom. The van der Waals surface area contributed by atoms with Crippen LogP contribution >= 0.6 is 11.8 Å². The Bertz CT molecular complexity index is 478. The lowest BCUT2D eigenvalue weighted by atomic mass is 10.1. The van der Waals surface area contributed by atoms with Gasteiger partial charge in [0.2, 0.25) is 5.89 Å². The van der Waals surface area contributed by atoms with Crippen LogP contribution in [0.3, 0.4) is 0 Å². The van der Waals surface area contributed by atoms with Gasteiger partial charge in [-0.2, -0.15) is 4.98 Å². The van der Waals surface area contributed by atoms with Crippen LogP contribution in [0.25, 0.3) is 0 Å². The van der Waals surface area contributed by atoms with Crippen LogP contribution < -0.4 is 5.73 Å². The molecule has 90 valence electrons. The second-order valence-electron chi connectivity index (χ2n) is 4.21. The molecule has 0 atom stereocenters.